The number of benzene rings is 1. The van der Waals surface area contributed by atoms with E-state index in [1.54, 1.807) is 11.1 Å². The number of hydrogen-bond donors (Lipinski definition) is 1. The molecule has 1 atom stereocenters. The van der Waals surface area contributed by atoms with Gasteiger partial charge in [0.1, 0.15) is 5.56 Å². The Hall–Kier alpha value is -2.89. The maximum absolute atomic E-state index is 13.0. The standard InChI is InChI=1S/C20H22N2O4/c1-3-17(14-7-5-4-6-8-14)22-12-15-11-21(13(2)23)10-9-16(15)18(19(22)24)20(25)26/h4-8,12,17H,3,9-11H2,1-2H3,(H,25,26)/t17-/m0/s1. The van der Waals surface area contributed by atoms with Crippen LogP contribution in [0.4, 0.5) is 0 Å². The molecule has 136 valence electrons. The van der Waals surface area contributed by atoms with Crippen LogP contribution in [0.15, 0.2) is 41.3 Å². The molecule has 2 heterocycles. The monoisotopic (exact) mass is 354 g/mol. The Labute approximate surface area is 151 Å². The summed E-state index contributed by atoms with van der Waals surface area (Å²) >= 11 is 0. The molecule has 0 saturated carbocycles. The van der Waals surface area contributed by atoms with Crippen molar-refractivity contribution >= 4 is 11.9 Å². The van der Waals surface area contributed by atoms with E-state index in [9.17, 15) is 19.5 Å². The van der Waals surface area contributed by atoms with E-state index >= 15 is 0 Å². The third-order valence-corrected chi connectivity index (χ3v) is 4.99. The summed E-state index contributed by atoms with van der Waals surface area (Å²) in [6.45, 7) is 4.22. The summed E-state index contributed by atoms with van der Waals surface area (Å²) in [6, 6.07) is 9.32. The summed E-state index contributed by atoms with van der Waals surface area (Å²) in [5.74, 6) is -1.26. The molecule has 0 unspecified atom stereocenters. The first-order valence-corrected chi connectivity index (χ1v) is 8.74. The van der Waals surface area contributed by atoms with Crippen LogP contribution in [-0.4, -0.2) is 33.0 Å². The highest BCUT2D eigenvalue weighted by Crippen LogP contribution is 2.25. The van der Waals surface area contributed by atoms with Gasteiger partial charge in [-0.15, -0.1) is 0 Å². The Bertz CT molecular complexity index is 902. The molecule has 26 heavy (non-hydrogen) atoms. The van der Waals surface area contributed by atoms with Crippen molar-refractivity contribution in [2.75, 3.05) is 6.54 Å². The fourth-order valence-electron chi connectivity index (χ4n) is 3.67. The average Bonchev–Trinajstić information content (AvgIpc) is 2.62. The molecule has 0 spiro atoms. The zero-order valence-corrected chi connectivity index (χ0v) is 14.9. The van der Waals surface area contributed by atoms with Gasteiger partial charge in [0.15, 0.2) is 0 Å². The lowest BCUT2D eigenvalue weighted by atomic mass is 9.95. The summed E-state index contributed by atoms with van der Waals surface area (Å²) < 4.78 is 1.52. The molecule has 0 aliphatic carbocycles. The summed E-state index contributed by atoms with van der Waals surface area (Å²) in [6.07, 6.45) is 2.77. The minimum atomic E-state index is -1.21. The molecule has 1 aliphatic heterocycles. The first kappa shape index (κ1) is 17.9. The van der Waals surface area contributed by atoms with Crippen molar-refractivity contribution in [3.8, 4) is 0 Å². The first-order chi connectivity index (χ1) is 12.4. The Morgan fingerprint density at radius 1 is 1.23 bits per heavy atom. The Morgan fingerprint density at radius 3 is 2.50 bits per heavy atom. The largest absolute Gasteiger partial charge is 0.477 e. The number of carboxylic acid groups (broad SMARTS) is 1. The molecule has 3 rings (SSSR count). The SMILES string of the molecule is CC[C@@H](c1ccccc1)n1cc2c(c(C(=O)O)c1=O)CCN(C(C)=O)C2. The maximum Gasteiger partial charge on any atom is 0.341 e. The van der Waals surface area contributed by atoms with Gasteiger partial charge in [0, 0.05) is 26.2 Å². The van der Waals surface area contributed by atoms with E-state index in [1.165, 1.54) is 11.5 Å². The molecule has 1 aliphatic rings. The molecule has 6 nitrogen and oxygen atoms in total. The highest BCUT2D eigenvalue weighted by Gasteiger charge is 2.28. The number of aromatic carboxylic acids is 1. The van der Waals surface area contributed by atoms with Gasteiger partial charge in [-0.05, 0) is 29.5 Å². The molecule has 0 fully saturated rings. The van der Waals surface area contributed by atoms with Gasteiger partial charge in [0.05, 0.1) is 6.04 Å². The third kappa shape index (κ3) is 3.14. The van der Waals surface area contributed by atoms with Crippen molar-refractivity contribution in [3.05, 3.63) is 69.1 Å². The van der Waals surface area contributed by atoms with Crippen LogP contribution in [0.2, 0.25) is 0 Å². The quantitative estimate of drug-likeness (QED) is 0.915. The van der Waals surface area contributed by atoms with Gasteiger partial charge < -0.3 is 14.6 Å². The number of nitrogens with zero attached hydrogens (tertiary/aromatic N) is 2. The van der Waals surface area contributed by atoms with Gasteiger partial charge in [-0.25, -0.2) is 4.79 Å². The zero-order chi connectivity index (χ0) is 18.8. The fraction of sp³-hybridized carbons (Fsp3) is 0.350. The highest BCUT2D eigenvalue weighted by atomic mass is 16.4. The molecule has 6 heteroatoms. The van der Waals surface area contributed by atoms with E-state index in [2.05, 4.69) is 0 Å². The molecule has 1 aromatic carbocycles. The van der Waals surface area contributed by atoms with E-state index in [4.69, 9.17) is 0 Å². The van der Waals surface area contributed by atoms with E-state index in [0.29, 0.717) is 31.5 Å². The number of carboxylic acids is 1. The maximum atomic E-state index is 13.0. The fourth-order valence-corrected chi connectivity index (χ4v) is 3.67. The Balaban J connectivity index is 2.19. The van der Waals surface area contributed by atoms with E-state index in [1.807, 2.05) is 37.3 Å². The number of pyridine rings is 1. The van der Waals surface area contributed by atoms with Crippen molar-refractivity contribution in [3.63, 3.8) is 0 Å². The van der Waals surface area contributed by atoms with Crippen molar-refractivity contribution in [1.29, 1.82) is 0 Å². The lowest BCUT2D eigenvalue weighted by Crippen LogP contribution is -2.39. The molecular formula is C20H22N2O4. The van der Waals surface area contributed by atoms with Crippen molar-refractivity contribution < 1.29 is 14.7 Å². The predicted octanol–water partition coefficient (Wildman–Crippen LogP) is 2.45. The first-order valence-electron chi connectivity index (χ1n) is 8.74. The summed E-state index contributed by atoms with van der Waals surface area (Å²) in [4.78, 5) is 38.2. The van der Waals surface area contributed by atoms with Crippen LogP contribution >= 0.6 is 0 Å². The minimum Gasteiger partial charge on any atom is -0.477 e. The van der Waals surface area contributed by atoms with Crippen LogP contribution in [0.5, 0.6) is 0 Å². The van der Waals surface area contributed by atoms with Crippen LogP contribution < -0.4 is 5.56 Å². The van der Waals surface area contributed by atoms with Crippen molar-refractivity contribution in [2.24, 2.45) is 0 Å². The van der Waals surface area contributed by atoms with E-state index in [-0.39, 0.29) is 17.5 Å². The van der Waals surface area contributed by atoms with Crippen LogP contribution in [0.3, 0.4) is 0 Å². The molecule has 0 radical (unpaired) electrons. The van der Waals surface area contributed by atoms with E-state index in [0.717, 1.165) is 11.1 Å². The van der Waals surface area contributed by atoms with Crippen LogP contribution in [0.25, 0.3) is 0 Å². The van der Waals surface area contributed by atoms with Gasteiger partial charge in [0.25, 0.3) is 5.56 Å². The summed E-state index contributed by atoms with van der Waals surface area (Å²) in [7, 11) is 0. The van der Waals surface area contributed by atoms with Gasteiger partial charge >= 0.3 is 5.97 Å². The van der Waals surface area contributed by atoms with Gasteiger partial charge in [0.2, 0.25) is 5.91 Å². The zero-order valence-electron chi connectivity index (χ0n) is 14.9. The number of carbonyl (C=O) groups is 2. The van der Waals surface area contributed by atoms with Crippen molar-refractivity contribution in [2.45, 2.75) is 39.3 Å². The molecule has 2 aromatic rings. The molecule has 0 bridgehead atoms. The number of amides is 1. The molecule has 0 saturated heterocycles. The molecule has 1 aromatic heterocycles. The average molecular weight is 354 g/mol. The number of fused-ring (bicyclic) bond motifs is 1. The minimum absolute atomic E-state index is 0.0552. The number of aromatic nitrogens is 1. The predicted molar refractivity (Wildman–Crippen MR) is 97.3 cm³/mol. The van der Waals surface area contributed by atoms with Gasteiger partial charge in [-0.3, -0.25) is 9.59 Å². The normalized spacial score (nSPS) is 14.6. The number of rotatable bonds is 4. The van der Waals surface area contributed by atoms with Crippen LogP contribution in [0.1, 0.15) is 53.4 Å². The molecule has 1 amide bonds. The molecular weight excluding hydrogens is 332 g/mol. The van der Waals surface area contributed by atoms with Gasteiger partial charge in [-0.2, -0.15) is 0 Å². The highest BCUT2D eigenvalue weighted by molar-refractivity contribution is 5.89. The third-order valence-electron chi connectivity index (χ3n) is 4.99. The lowest BCUT2D eigenvalue weighted by molar-refractivity contribution is -0.129. The van der Waals surface area contributed by atoms with Crippen LogP contribution in [-0.2, 0) is 17.8 Å². The topological polar surface area (TPSA) is 79.6 Å². The Kier molecular flexibility index (Phi) is 4.93. The summed E-state index contributed by atoms with van der Waals surface area (Å²) in [5, 5.41) is 9.65. The smallest absolute Gasteiger partial charge is 0.341 e. The lowest BCUT2D eigenvalue weighted by Gasteiger charge is -2.30. The second kappa shape index (κ2) is 7.15. The summed E-state index contributed by atoms with van der Waals surface area (Å²) in [5.41, 5.74) is 1.59. The van der Waals surface area contributed by atoms with E-state index < -0.39 is 11.5 Å². The Morgan fingerprint density at radius 2 is 1.92 bits per heavy atom. The van der Waals surface area contributed by atoms with Gasteiger partial charge in [-0.1, -0.05) is 37.3 Å². The van der Waals surface area contributed by atoms with Crippen LogP contribution in [0, 0.1) is 0 Å². The second-order valence-corrected chi connectivity index (χ2v) is 6.55. The number of hydrogen-bond acceptors (Lipinski definition) is 3. The second-order valence-electron chi connectivity index (χ2n) is 6.55. The molecule has 1 N–H and O–H groups in total. The van der Waals surface area contributed by atoms with Crippen molar-refractivity contribution in [1.82, 2.24) is 9.47 Å². The number of carbonyl (C=O) groups excluding carboxylic acids is 1.